The number of rotatable bonds is 2. The number of thiazole rings is 1. The van der Waals surface area contributed by atoms with Crippen LogP contribution in [0, 0.1) is 0 Å². The molecule has 1 heterocycles. The SMILES string of the molecule is Oc1c(Cl)cc(-c2ncc(-c3ccccc3)s2)c(Cl)c1O. The smallest absolute Gasteiger partial charge is 0.178 e. The van der Waals surface area contributed by atoms with Crippen LogP contribution in [0.2, 0.25) is 10.0 Å². The fraction of sp³-hybridized carbons (Fsp3) is 0. The van der Waals surface area contributed by atoms with Gasteiger partial charge in [-0.05, 0) is 11.6 Å². The maximum atomic E-state index is 9.76. The van der Waals surface area contributed by atoms with E-state index in [-0.39, 0.29) is 10.0 Å². The molecule has 3 aromatic rings. The number of phenols is 2. The van der Waals surface area contributed by atoms with Gasteiger partial charge >= 0.3 is 0 Å². The summed E-state index contributed by atoms with van der Waals surface area (Å²) in [7, 11) is 0. The fourth-order valence-electron chi connectivity index (χ4n) is 1.89. The van der Waals surface area contributed by atoms with E-state index in [1.54, 1.807) is 6.20 Å². The van der Waals surface area contributed by atoms with E-state index >= 15 is 0 Å². The van der Waals surface area contributed by atoms with Gasteiger partial charge in [0.1, 0.15) is 5.01 Å². The zero-order valence-electron chi connectivity index (χ0n) is 10.5. The molecule has 1 aromatic heterocycles. The third-order valence-corrected chi connectivity index (χ3v) is 4.71. The van der Waals surface area contributed by atoms with Crippen LogP contribution in [0.4, 0.5) is 0 Å². The van der Waals surface area contributed by atoms with Crippen molar-refractivity contribution in [3.05, 3.63) is 52.6 Å². The van der Waals surface area contributed by atoms with Gasteiger partial charge in [-0.15, -0.1) is 11.3 Å². The molecule has 21 heavy (non-hydrogen) atoms. The van der Waals surface area contributed by atoms with E-state index in [1.165, 1.54) is 17.4 Å². The molecule has 0 amide bonds. The Bertz CT molecular complexity index is 803. The van der Waals surface area contributed by atoms with Gasteiger partial charge in [0.2, 0.25) is 0 Å². The zero-order chi connectivity index (χ0) is 15.0. The highest BCUT2D eigenvalue weighted by Crippen LogP contribution is 2.46. The van der Waals surface area contributed by atoms with Crippen molar-refractivity contribution in [2.24, 2.45) is 0 Å². The van der Waals surface area contributed by atoms with Crippen LogP contribution in [-0.4, -0.2) is 15.2 Å². The van der Waals surface area contributed by atoms with Gasteiger partial charge in [-0.1, -0.05) is 53.5 Å². The Balaban J connectivity index is 2.09. The fourth-order valence-corrected chi connectivity index (χ4v) is 3.33. The van der Waals surface area contributed by atoms with E-state index in [0.29, 0.717) is 10.6 Å². The summed E-state index contributed by atoms with van der Waals surface area (Å²) in [5.41, 5.74) is 1.54. The van der Waals surface area contributed by atoms with E-state index in [2.05, 4.69) is 4.98 Å². The predicted molar refractivity (Wildman–Crippen MR) is 86.3 cm³/mol. The van der Waals surface area contributed by atoms with Crippen molar-refractivity contribution in [2.75, 3.05) is 0 Å². The first-order chi connectivity index (χ1) is 10.1. The molecule has 3 rings (SSSR count). The molecule has 0 aliphatic carbocycles. The van der Waals surface area contributed by atoms with Gasteiger partial charge in [0, 0.05) is 11.8 Å². The maximum Gasteiger partial charge on any atom is 0.178 e. The lowest BCUT2D eigenvalue weighted by Crippen LogP contribution is -1.81. The highest BCUT2D eigenvalue weighted by atomic mass is 35.5. The molecule has 0 unspecified atom stereocenters. The van der Waals surface area contributed by atoms with Crippen LogP contribution in [-0.2, 0) is 0 Å². The van der Waals surface area contributed by atoms with Crippen molar-refractivity contribution in [1.29, 1.82) is 0 Å². The average molecular weight is 338 g/mol. The first kappa shape index (κ1) is 14.2. The molecular formula is C15H9Cl2NO2S. The van der Waals surface area contributed by atoms with E-state index in [4.69, 9.17) is 23.2 Å². The van der Waals surface area contributed by atoms with E-state index < -0.39 is 11.5 Å². The third-order valence-electron chi connectivity index (χ3n) is 2.96. The number of phenolic OH excluding ortho intramolecular Hbond substituents is 2. The number of halogens is 2. The summed E-state index contributed by atoms with van der Waals surface area (Å²) in [6.07, 6.45) is 1.74. The Kier molecular flexibility index (Phi) is 3.76. The number of aromatic hydroxyl groups is 2. The van der Waals surface area contributed by atoms with E-state index in [0.717, 1.165) is 10.4 Å². The molecule has 106 valence electrons. The highest BCUT2D eigenvalue weighted by molar-refractivity contribution is 7.18. The van der Waals surface area contributed by atoms with Gasteiger partial charge in [-0.25, -0.2) is 4.98 Å². The van der Waals surface area contributed by atoms with Crippen LogP contribution in [0.3, 0.4) is 0 Å². The molecular weight excluding hydrogens is 329 g/mol. The number of hydrogen-bond acceptors (Lipinski definition) is 4. The average Bonchev–Trinajstić information content (AvgIpc) is 2.99. The van der Waals surface area contributed by atoms with Crippen molar-refractivity contribution >= 4 is 34.5 Å². The maximum absolute atomic E-state index is 9.76. The summed E-state index contributed by atoms with van der Waals surface area (Å²) in [4.78, 5) is 5.30. The normalized spacial score (nSPS) is 10.8. The van der Waals surface area contributed by atoms with Gasteiger partial charge in [-0.2, -0.15) is 0 Å². The molecule has 3 nitrogen and oxygen atoms in total. The predicted octanol–water partition coefficient (Wildman–Crippen LogP) is 5.20. The Hall–Kier alpha value is -1.75. The molecule has 2 N–H and O–H groups in total. The first-order valence-electron chi connectivity index (χ1n) is 5.99. The number of aromatic nitrogens is 1. The molecule has 0 atom stereocenters. The van der Waals surface area contributed by atoms with Crippen LogP contribution in [0.5, 0.6) is 11.5 Å². The third kappa shape index (κ3) is 2.58. The summed E-state index contributed by atoms with van der Waals surface area (Å²) >= 11 is 13.4. The second kappa shape index (κ2) is 5.56. The van der Waals surface area contributed by atoms with Gasteiger partial charge in [0.05, 0.1) is 14.9 Å². The molecule has 0 spiro atoms. The van der Waals surface area contributed by atoms with Crippen molar-refractivity contribution in [1.82, 2.24) is 4.98 Å². The molecule has 0 aliphatic heterocycles. The van der Waals surface area contributed by atoms with Crippen LogP contribution in [0.1, 0.15) is 0 Å². The summed E-state index contributed by atoms with van der Waals surface area (Å²) in [6.45, 7) is 0. The monoisotopic (exact) mass is 337 g/mol. The van der Waals surface area contributed by atoms with Crippen LogP contribution < -0.4 is 0 Å². The summed E-state index contributed by atoms with van der Waals surface area (Å²) in [5, 5.41) is 20.0. The lowest BCUT2D eigenvalue weighted by Gasteiger charge is -2.06. The number of nitrogens with zero attached hydrogens (tertiary/aromatic N) is 1. The summed E-state index contributed by atoms with van der Waals surface area (Å²) < 4.78 is 0. The van der Waals surface area contributed by atoms with Crippen molar-refractivity contribution in [3.63, 3.8) is 0 Å². The van der Waals surface area contributed by atoms with Crippen molar-refractivity contribution in [3.8, 4) is 32.5 Å². The van der Waals surface area contributed by atoms with E-state index in [9.17, 15) is 10.2 Å². The molecule has 0 aliphatic rings. The summed E-state index contributed by atoms with van der Waals surface area (Å²) in [6, 6.07) is 11.3. The van der Waals surface area contributed by atoms with Gasteiger partial charge in [0.15, 0.2) is 11.5 Å². The van der Waals surface area contributed by atoms with Gasteiger partial charge < -0.3 is 10.2 Å². The molecule has 2 aromatic carbocycles. The standard InChI is InChI=1S/C15H9Cl2NO2S/c16-10-6-9(12(17)14(20)13(10)19)15-18-7-11(21-15)8-4-2-1-3-5-8/h1-7,19-20H. The molecule has 0 saturated heterocycles. The Morgan fingerprint density at radius 1 is 1.00 bits per heavy atom. The largest absolute Gasteiger partial charge is 0.503 e. The Morgan fingerprint density at radius 2 is 1.71 bits per heavy atom. The minimum absolute atomic E-state index is 0.0309. The molecule has 6 heteroatoms. The molecule has 0 fully saturated rings. The topological polar surface area (TPSA) is 53.4 Å². The highest BCUT2D eigenvalue weighted by Gasteiger charge is 2.18. The minimum atomic E-state index is -0.435. The zero-order valence-corrected chi connectivity index (χ0v) is 12.9. The molecule has 0 saturated carbocycles. The van der Waals surface area contributed by atoms with Crippen LogP contribution >= 0.6 is 34.5 Å². The van der Waals surface area contributed by atoms with Crippen LogP contribution in [0.25, 0.3) is 21.0 Å². The second-order valence-electron chi connectivity index (χ2n) is 4.31. The number of benzene rings is 2. The van der Waals surface area contributed by atoms with Crippen molar-refractivity contribution in [2.45, 2.75) is 0 Å². The lowest BCUT2D eigenvalue weighted by atomic mass is 10.2. The Labute approximate surface area is 135 Å². The van der Waals surface area contributed by atoms with E-state index in [1.807, 2.05) is 30.3 Å². The number of hydrogen-bond donors (Lipinski definition) is 2. The van der Waals surface area contributed by atoms with Crippen molar-refractivity contribution < 1.29 is 10.2 Å². The van der Waals surface area contributed by atoms with Gasteiger partial charge in [0.25, 0.3) is 0 Å². The summed E-state index contributed by atoms with van der Waals surface area (Å²) in [5.74, 6) is -0.860. The Morgan fingerprint density at radius 3 is 2.43 bits per heavy atom. The second-order valence-corrected chi connectivity index (χ2v) is 6.13. The van der Waals surface area contributed by atoms with Crippen LogP contribution in [0.15, 0.2) is 42.6 Å². The molecule has 0 radical (unpaired) electrons. The van der Waals surface area contributed by atoms with Gasteiger partial charge in [-0.3, -0.25) is 0 Å². The minimum Gasteiger partial charge on any atom is -0.503 e. The molecule has 0 bridgehead atoms. The lowest BCUT2D eigenvalue weighted by molar-refractivity contribution is 0.404. The first-order valence-corrected chi connectivity index (χ1v) is 7.56. The quantitative estimate of drug-likeness (QED) is 0.632.